The summed E-state index contributed by atoms with van der Waals surface area (Å²) in [6.07, 6.45) is 0.985. The summed E-state index contributed by atoms with van der Waals surface area (Å²) in [7, 11) is 3.69. The number of ether oxygens (including phenoxy) is 1. The molecule has 0 spiro atoms. The van der Waals surface area contributed by atoms with Gasteiger partial charge in [-0.05, 0) is 59.1 Å². The van der Waals surface area contributed by atoms with Crippen LogP contribution in [0.25, 0.3) is 0 Å². The van der Waals surface area contributed by atoms with E-state index in [1.54, 1.807) is 7.11 Å². The Labute approximate surface area is 107 Å². The number of rotatable bonds is 5. The lowest BCUT2D eigenvalue weighted by atomic mass is 9.99. The second kappa shape index (κ2) is 6.26. The molecule has 0 saturated carbocycles. The van der Waals surface area contributed by atoms with E-state index < -0.39 is 0 Å². The molecule has 16 heavy (non-hydrogen) atoms. The Morgan fingerprint density at radius 2 is 2.06 bits per heavy atom. The highest BCUT2D eigenvalue weighted by atomic mass is 79.9. The highest BCUT2D eigenvalue weighted by Gasteiger charge is 2.11. The van der Waals surface area contributed by atoms with Gasteiger partial charge in [0.05, 0.1) is 11.6 Å². The van der Waals surface area contributed by atoms with Crippen molar-refractivity contribution >= 4 is 15.9 Å². The first-order valence-electron chi connectivity index (χ1n) is 5.61. The molecule has 0 aliphatic rings. The van der Waals surface area contributed by atoms with Crippen LogP contribution in [0.2, 0.25) is 0 Å². The van der Waals surface area contributed by atoms with Crippen LogP contribution in [0.1, 0.15) is 30.9 Å². The van der Waals surface area contributed by atoms with Gasteiger partial charge >= 0.3 is 0 Å². The maximum atomic E-state index is 5.43. The Kier molecular flexibility index (Phi) is 5.29. The molecule has 0 saturated heterocycles. The number of nitrogens with one attached hydrogen (secondary N) is 1. The monoisotopic (exact) mass is 285 g/mol. The van der Waals surface area contributed by atoms with Crippen LogP contribution in [-0.4, -0.2) is 20.7 Å². The summed E-state index contributed by atoms with van der Waals surface area (Å²) in [5.41, 5.74) is 2.61. The third-order valence-electron chi connectivity index (χ3n) is 2.66. The zero-order valence-corrected chi connectivity index (χ0v) is 12.0. The van der Waals surface area contributed by atoms with E-state index in [0.29, 0.717) is 5.92 Å². The van der Waals surface area contributed by atoms with Crippen LogP contribution >= 0.6 is 15.9 Å². The lowest BCUT2D eigenvalue weighted by Crippen LogP contribution is -2.11. The largest absolute Gasteiger partial charge is 0.495 e. The molecule has 0 fully saturated rings. The van der Waals surface area contributed by atoms with Crippen LogP contribution < -0.4 is 10.1 Å². The van der Waals surface area contributed by atoms with Gasteiger partial charge in [0.15, 0.2) is 0 Å². The van der Waals surface area contributed by atoms with Crippen molar-refractivity contribution in [1.29, 1.82) is 0 Å². The molecule has 0 bridgehead atoms. The smallest absolute Gasteiger partial charge is 0.136 e. The lowest BCUT2D eigenvalue weighted by molar-refractivity contribution is 0.406. The van der Waals surface area contributed by atoms with Crippen molar-refractivity contribution in [2.75, 3.05) is 20.7 Å². The summed E-state index contributed by atoms with van der Waals surface area (Å²) in [4.78, 5) is 0. The van der Waals surface area contributed by atoms with Crippen LogP contribution in [-0.2, 0) is 6.42 Å². The number of benzene rings is 1. The number of likely N-dealkylation sites (N-methyl/N-ethyl adjacent to an activating group) is 1. The van der Waals surface area contributed by atoms with Gasteiger partial charge in [-0.1, -0.05) is 19.9 Å². The molecule has 2 nitrogen and oxygen atoms in total. The van der Waals surface area contributed by atoms with E-state index in [1.807, 2.05) is 7.05 Å². The van der Waals surface area contributed by atoms with Crippen molar-refractivity contribution in [3.05, 3.63) is 27.7 Å². The quantitative estimate of drug-likeness (QED) is 0.896. The van der Waals surface area contributed by atoms with Gasteiger partial charge in [0, 0.05) is 0 Å². The SMILES string of the molecule is CNCCc1cc(C(C)C)cc(Br)c1OC. The van der Waals surface area contributed by atoms with Gasteiger partial charge in [-0.25, -0.2) is 0 Å². The topological polar surface area (TPSA) is 21.3 Å². The molecule has 1 aromatic rings. The fraction of sp³-hybridized carbons (Fsp3) is 0.538. The van der Waals surface area contributed by atoms with Crippen LogP contribution in [0, 0.1) is 0 Å². The first kappa shape index (κ1) is 13.5. The van der Waals surface area contributed by atoms with E-state index >= 15 is 0 Å². The Morgan fingerprint density at radius 1 is 1.38 bits per heavy atom. The van der Waals surface area contributed by atoms with E-state index in [0.717, 1.165) is 23.2 Å². The molecule has 0 heterocycles. The van der Waals surface area contributed by atoms with Crippen LogP contribution in [0.3, 0.4) is 0 Å². The van der Waals surface area contributed by atoms with Crippen LogP contribution in [0.5, 0.6) is 5.75 Å². The lowest BCUT2D eigenvalue weighted by Gasteiger charge is -2.14. The molecule has 3 heteroatoms. The van der Waals surface area contributed by atoms with E-state index in [1.165, 1.54) is 11.1 Å². The first-order chi connectivity index (χ1) is 7.60. The zero-order chi connectivity index (χ0) is 12.1. The molecular weight excluding hydrogens is 266 g/mol. The molecule has 0 unspecified atom stereocenters. The van der Waals surface area contributed by atoms with Crippen molar-refractivity contribution in [2.24, 2.45) is 0 Å². The van der Waals surface area contributed by atoms with Crippen molar-refractivity contribution in [3.63, 3.8) is 0 Å². The summed E-state index contributed by atoms with van der Waals surface area (Å²) < 4.78 is 6.48. The number of methoxy groups -OCH3 is 1. The summed E-state index contributed by atoms with van der Waals surface area (Å²) >= 11 is 3.57. The second-order valence-electron chi connectivity index (χ2n) is 4.20. The molecule has 90 valence electrons. The first-order valence-corrected chi connectivity index (χ1v) is 6.40. The molecule has 1 rings (SSSR count). The molecule has 1 aromatic carbocycles. The Bertz CT molecular complexity index is 350. The van der Waals surface area contributed by atoms with Crippen LogP contribution in [0.4, 0.5) is 0 Å². The maximum absolute atomic E-state index is 5.43. The molecule has 0 radical (unpaired) electrons. The van der Waals surface area contributed by atoms with E-state index in [2.05, 4.69) is 47.2 Å². The number of hydrogen-bond donors (Lipinski definition) is 1. The predicted octanol–water partition coefficient (Wildman–Crippen LogP) is 3.34. The van der Waals surface area contributed by atoms with Crippen molar-refractivity contribution in [3.8, 4) is 5.75 Å². The van der Waals surface area contributed by atoms with E-state index in [4.69, 9.17) is 4.74 Å². The van der Waals surface area contributed by atoms with Crippen molar-refractivity contribution in [1.82, 2.24) is 5.32 Å². The minimum Gasteiger partial charge on any atom is -0.495 e. The minimum atomic E-state index is 0.538. The van der Waals surface area contributed by atoms with E-state index in [-0.39, 0.29) is 0 Å². The second-order valence-corrected chi connectivity index (χ2v) is 5.06. The fourth-order valence-corrected chi connectivity index (χ4v) is 2.36. The van der Waals surface area contributed by atoms with Gasteiger partial charge in [-0.15, -0.1) is 0 Å². The van der Waals surface area contributed by atoms with Gasteiger partial charge in [0.2, 0.25) is 0 Å². The minimum absolute atomic E-state index is 0.538. The highest BCUT2D eigenvalue weighted by Crippen LogP contribution is 2.33. The molecule has 0 aliphatic carbocycles. The van der Waals surface area contributed by atoms with Gasteiger partial charge < -0.3 is 10.1 Å². The van der Waals surface area contributed by atoms with Crippen LogP contribution in [0.15, 0.2) is 16.6 Å². The van der Waals surface area contributed by atoms with E-state index in [9.17, 15) is 0 Å². The van der Waals surface area contributed by atoms with Crippen molar-refractivity contribution in [2.45, 2.75) is 26.2 Å². The number of hydrogen-bond acceptors (Lipinski definition) is 2. The Balaban J connectivity index is 3.09. The van der Waals surface area contributed by atoms with Crippen molar-refractivity contribution < 1.29 is 4.74 Å². The zero-order valence-electron chi connectivity index (χ0n) is 10.4. The Hall–Kier alpha value is -0.540. The average Bonchev–Trinajstić information content (AvgIpc) is 2.25. The summed E-state index contributed by atoms with van der Waals surface area (Å²) in [6, 6.07) is 4.39. The molecule has 0 atom stereocenters. The third kappa shape index (κ3) is 3.22. The highest BCUT2D eigenvalue weighted by molar-refractivity contribution is 9.10. The Morgan fingerprint density at radius 3 is 2.56 bits per heavy atom. The average molecular weight is 286 g/mol. The molecule has 0 amide bonds. The predicted molar refractivity (Wildman–Crippen MR) is 72.4 cm³/mol. The van der Waals surface area contributed by atoms with Gasteiger partial charge in [0.1, 0.15) is 5.75 Å². The standard InChI is InChI=1S/C13H20BrNO/c1-9(2)11-7-10(5-6-15-3)13(16-4)12(14)8-11/h7-9,15H,5-6H2,1-4H3. The maximum Gasteiger partial charge on any atom is 0.136 e. The summed E-state index contributed by atoms with van der Waals surface area (Å²) in [5.74, 6) is 1.50. The molecular formula is C13H20BrNO. The summed E-state index contributed by atoms with van der Waals surface area (Å²) in [6.45, 7) is 5.37. The fourth-order valence-electron chi connectivity index (χ4n) is 1.68. The van der Waals surface area contributed by atoms with Gasteiger partial charge in [0.25, 0.3) is 0 Å². The molecule has 1 N–H and O–H groups in total. The number of halogens is 1. The van der Waals surface area contributed by atoms with Gasteiger partial charge in [-0.2, -0.15) is 0 Å². The third-order valence-corrected chi connectivity index (χ3v) is 3.25. The van der Waals surface area contributed by atoms with Gasteiger partial charge in [-0.3, -0.25) is 0 Å². The normalized spacial score (nSPS) is 10.9. The summed E-state index contributed by atoms with van der Waals surface area (Å²) in [5, 5.41) is 3.16. The molecule has 0 aromatic heterocycles. The molecule has 0 aliphatic heterocycles.